The summed E-state index contributed by atoms with van der Waals surface area (Å²) < 4.78 is 1.07. The fourth-order valence-corrected chi connectivity index (χ4v) is 0.695. The fraction of sp³-hybridized carbons (Fsp3) is 0. The van der Waals surface area contributed by atoms with Crippen LogP contribution in [0.1, 0.15) is 0 Å². The first kappa shape index (κ1) is 5.82. The van der Waals surface area contributed by atoms with Gasteiger partial charge in [0, 0.05) is 16.9 Å². The summed E-state index contributed by atoms with van der Waals surface area (Å²) in [6.07, 6.45) is 3.56. The maximum atomic E-state index is 3.90. The van der Waals surface area contributed by atoms with Gasteiger partial charge in [-0.25, -0.2) is 0 Å². The van der Waals surface area contributed by atoms with E-state index in [4.69, 9.17) is 0 Å². The van der Waals surface area contributed by atoms with E-state index in [-0.39, 0.29) is 0 Å². The van der Waals surface area contributed by atoms with Crippen molar-refractivity contribution in [3.05, 3.63) is 22.9 Å². The van der Waals surface area contributed by atoms with Crippen LogP contribution in [0.2, 0.25) is 0 Å². The lowest BCUT2D eigenvalue weighted by Gasteiger charge is -1.90. The van der Waals surface area contributed by atoms with Crippen LogP contribution < -0.4 is 5.46 Å². The Balaban J connectivity index is 3.13. The van der Waals surface area contributed by atoms with Gasteiger partial charge in [-0.2, -0.15) is 0 Å². The minimum atomic E-state index is 1.07. The van der Waals surface area contributed by atoms with Crippen molar-refractivity contribution in [1.82, 2.24) is 4.98 Å². The third-order valence-electron chi connectivity index (χ3n) is 0.975. The highest BCUT2D eigenvalue weighted by molar-refractivity contribution is 9.10. The van der Waals surface area contributed by atoms with E-state index in [9.17, 15) is 0 Å². The molecule has 0 aliphatic carbocycles. The first-order valence-electron chi connectivity index (χ1n) is 2.37. The third kappa shape index (κ3) is 1.10. The molecule has 0 saturated heterocycles. The Morgan fingerprint density at radius 3 is 2.75 bits per heavy atom. The molecule has 0 unspecified atom stereocenters. The molecule has 0 radical (unpaired) electrons. The van der Waals surface area contributed by atoms with Crippen LogP contribution in [0.15, 0.2) is 22.9 Å². The van der Waals surface area contributed by atoms with Crippen LogP contribution >= 0.6 is 15.9 Å². The van der Waals surface area contributed by atoms with Gasteiger partial charge in [-0.15, -0.1) is 0 Å². The van der Waals surface area contributed by atoms with E-state index in [1.54, 1.807) is 12.4 Å². The smallest absolute Gasteiger partial charge is 0.140 e. The molecule has 0 saturated carbocycles. The molecule has 0 amide bonds. The second-order valence-corrected chi connectivity index (χ2v) is 2.48. The molecule has 8 heavy (non-hydrogen) atoms. The Kier molecular flexibility index (Phi) is 1.68. The first-order valence-corrected chi connectivity index (χ1v) is 3.16. The quantitative estimate of drug-likeness (QED) is 0.503. The summed E-state index contributed by atoms with van der Waals surface area (Å²) in [5.41, 5.74) is 1.22. The summed E-state index contributed by atoms with van der Waals surface area (Å²) in [7, 11) is 2.03. The minimum Gasteiger partial charge on any atom is -0.264 e. The number of halogens is 1. The first-order chi connectivity index (χ1) is 3.80. The van der Waals surface area contributed by atoms with E-state index >= 15 is 0 Å². The van der Waals surface area contributed by atoms with Crippen molar-refractivity contribution in [3.63, 3.8) is 0 Å². The van der Waals surface area contributed by atoms with Gasteiger partial charge in [-0.3, -0.25) is 4.98 Å². The van der Waals surface area contributed by atoms with Gasteiger partial charge in [-0.1, -0.05) is 5.46 Å². The second kappa shape index (κ2) is 2.31. The molecule has 1 aromatic heterocycles. The second-order valence-electron chi connectivity index (χ2n) is 1.62. The zero-order valence-corrected chi connectivity index (χ0v) is 6.14. The molecule has 1 aromatic rings. The molecule has 1 heterocycles. The van der Waals surface area contributed by atoms with E-state index in [1.165, 1.54) is 5.46 Å². The summed E-state index contributed by atoms with van der Waals surface area (Å²) in [4.78, 5) is 3.90. The Hall–Kier alpha value is -0.305. The molecule has 1 nitrogen and oxygen atoms in total. The predicted octanol–water partition coefficient (Wildman–Crippen LogP) is 0.103. The maximum Gasteiger partial charge on any atom is 0.140 e. The van der Waals surface area contributed by atoms with Crippen LogP contribution in [-0.4, -0.2) is 12.8 Å². The van der Waals surface area contributed by atoms with Gasteiger partial charge in [0.25, 0.3) is 0 Å². The highest BCUT2D eigenvalue weighted by Crippen LogP contribution is 1.99. The molecule has 0 fully saturated rings. The molecule has 0 aliphatic rings. The lowest BCUT2D eigenvalue weighted by molar-refractivity contribution is 1.33. The molecule has 40 valence electrons. The number of pyridine rings is 1. The summed E-state index contributed by atoms with van der Waals surface area (Å²) in [5, 5.41) is 0. The highest BCUT2D eigenvalue weighted by Gasteiger charge is 1.87. The summed E-state index contributed by atoms with van der Waals surface area (Å²) in [6.45, 7) is 0. The van der Waals surface area contributed by atoms with Crippen molar-refractivity contribution >= 4 is 29.2 Å². The van der Waals surface area contributed by atoms with Gasteiger partial charge >= 0.3 is 0 Å². The van der Waals surface area contributed by atoms with E-state index in [0.29, 0.717) is 0 Å². The summed E-state index contributed by atoms with van der Waals surface area (Å²) in [6, 6.07) is 1.96. The van der Waals surface area contributed by atoms with Gasteiger partial charge in [0.1, 0.15) is 7.85 Å². The van der Waals surface area contributed by atoms with Crippen molar-refractivity contribution in [2.24, 2.45) is 0 Å². The number of aromatic nitrogens is 1. The van der Waals surface area contributed by atoms with Crippen LogP contribution in [0.3, 0.4) is 0 Å². The Morgan fingerprint density at radius 1 is 1.62 bits per heavy atom. The van der Waals surface area contributed by atoms with Crippen LogP contribution in [0.4, 0.5) is 0 Å². The number of hydrogen-bond donors (Lipinski definition) is 0. The van der Waals surface area contributed by atoms with Gasteiger partial charge in [0.2, 0.25) is 0 Å². The van der Waals surface area contributed by atoms with Crippen molar-refractivity contribution in [1.29, 1.82) is 0 Å². The monoisotopic (exact) mass is 169 g/mol. The normalized spacial score (nSPS) is 9.12. The number of rotatable bonds is 0. The Labute approximate surface area is 57.7 Å². The van der Waals surface area contributed by atoms with Crippen LogP contribution in [-0.2, 0) is 0 Å². The molecule has 0 aliphatic heterocycles. The Morgan fingerprint density at radius 2 is 2.38 bits per heavy atom. The highest BCUT2D eigenvalue weighted by atomic mass is 79.9. The van der Waals surface area contributed by atoms with E-state index in [2.05, 4.69) is 20.9 Å². The largest absolute Gasteiger partial charge is 0.264 e. The molecule has 0 atom stereocenters. The average Bonchev–Trinajstić information content (AvgIpc) is 1.77. The minimum absolute atomic E-state index is 1.07. The topological polar surface area (TPSA) is 12.9 Å². The molecule has 0 spiro atoms. The summed E-state index contributed by atoms with van der Waals surface area (Å²) in [5.74, 6) is 0. The van der Waals surface area contributed by atoms with Crippen LogP contribution in [0.25, 0.3) is 0 Å². The lowest BCUT2D eigenvalue weighted by atomic mass is 9.98. The third-order valence-corrected chi connectivity index (χ3v) is 1.81. The van der Waals surface area contributed by atoms with Crippen LogP contribution in [0, 0.1) is 0 Å². The fourth-order valence-electron chi connectivity index (χ4n) is 0.445. The summed E-state index contributed by atoms with van der Waals surface area (Å²) >= 11 is 3.33. The standard InChI is InChI=1S/C5H5BBrN/c6-4-1-2-8-3-5(4)7/h1-3H,6H2. The zero-order chi connectivity index (χ0) is 5.98. The molecule has 0 aromatic carbocycles. The lowest BCUT2D eigenvalue weighted by Crippen LogP contribution is -2.02. The van der Waals surface area contributed by atoms with Crippen molar-refractivity contribution < 1.29 is 0 Å². The molecule has 1 rings (SSSR count). The Bertz CT molecular complexity index is 169. The maximum absolute atomic E-state index is 3.90. The van der Waals surface area contributed by atoms with E-state index in [0.717, 1.165) is 4.47 Å². The number of nitrogens with zero attached hydrogens (tertiary/aromatic N) is 1. The van der Waals surface area contributed by atoms with Crippen molar-refractivity contribution in [2.75, 3.05) is 0 Å². The van der Waals surface area contributed by atoms with Crippen molar-refractivity contribution in [3.8, 4) is 0 Å². The van der Waals surface area contributed by atoms with Gasteiger partial charge in [-0.05, 0) is 22.0 Å². The van der Waals surface area contributed by atoms with Crippen LogP contribution in [0.5, 0.6) is 0 Å². The SMILES string of the molecule is Bc1ccncc1Br. The van der Waals surface area contributed by atoms with Gasteiger partial charge in [0.05, 0.1) is 0 Å². The predicted molar refractivity (Wildman–Crippen MR) is 40.1 cm³/mol. The molecule has 0 N–H and O–H groups in total. The van der Waals surface area contributed by atoms with E-state index < -0.39 is 0 Å². The van der Waals surface area contributed by atoms with Gasteiger partial charge < -0.3 is 0 Å². The molecular weight excluding hydrogens is 165 g/mol. The zero-order valence-electron chi connectivity index (χ0n) is 4.56. The molecule has 3 heteroatoms. The number of hydrogen-bond acceptors (Lipinski definition) is 1. The van der Waals surface area contributed by atoms with Gasteiger partial charge in [0.15, 0.2) is 0 Å². The van der Waals surface area contributed by atoms with Crippen molar-refractivity contribution in [2.45, 2.75) is 0 Å². The average molecular weight is 170 g/mol. The molecule has 0 bridgehead atoms. The molecular formula is C5H5BBrN. The van der Waals surface area contributed by atoms with E-state index in [1.807, 2.05) is 13.9 Å².